The first-order valence-corrected chi connectivity index (χ1v) is 11.5. The highest BCUT2D eigenvalue weighted by Gasteiger charge is 2.30. The maximum absolute atomic E-state index is 13.0. The van der Waals surface area contributed by atoms with Gasteiger partial charge in [0.1, 0.15) is 0 Å². The highest BCUT2D eigenvalue weighted by molar-refractivity contribution is 7.92. The lowest BCUT2D eigenvalue weighted by Gasteiger charge is -2.19. The standard InChI is InChI=1S/C23H23N3O6S/c1-2-14-24-23(29)25-21(27)16-32-22(28)12-9-17-7-10-19(11-8-17)33(30,31)26-15-13-18-5-3-4-6-20(18)26/h2-12H,1,13-16H2,(H2,24,25,27,29)/b12-9+. The van der Waals surface area contributed by atoms with Crippen LogP contribution in [0.5, 0.6) is 0 Å². The van der Waals surface area contributed by atoms with Gasteiger partial charge in [0.25, 0.3) is 15.9 Å². The summed E-state index contributed by atoms with van der Waals surface area (Å²) in [7, 11) is -3.70. The molecule has 0 spiro atoms. The van der Waals surface area contributed by atoms with Crippen LogP contribution in [0.3, 0.4) is 0 Å². The molecule has 0 atom stereocenters. The molecule has 2 aromatic rings. The van der Waals surface area contributed by atoms with Crippen molar-refractivity contribution >= 4 is 39.7 Å². The number of nitrogens with one attached hydrogen (secondary N) is 2. The fraction of sp³-hybridized carbons (Fsp3) is 0.174. The van der Waals surface area contributed by atoms with Crippen molar-refractivity contribution in [1.29, 1.82) is 0 Å². The summed E-state index contributed by atoms with van der Waals surface area (Å²) < 4.78 is 32.2. The zero-order valence-corrected chi connectivity index (χ0v) is 18.5. The number of sulfonamides is 1. The first-order chi connectivity index (χ1) is 15.8. The van der Waals surface area contributed by atoms with E-state index in [-0.39, 0.29) is 11.4 Å². The van der Waals surface area contributed by atoms with Crippen molar-refractivity contribution < 1.29 is 27.5 Å². The Kier molecular flexibility index (Phi) is 7.62. The molecule has 2 N–H and O–H groups in total. The number of carbonyl (C=O) groups excluding carboxylic acids is 3. The Morgan fingerprint density at radius 1 is 1.09 bits per heavy atom. The highest BCUT2D eigenvalue weighted by Crippen LogP contribution is 2.32. The molecule has 10 heteroatoms. The van der Waals surface area contributed by atoms with Crippen LogP contribution < -0.4 is 14.9 Å². The second-order valence-electron chi connectivity index (χ2n) is 7.01. The van der Waals surface area contributed by atoms with Crippen molar-refractivity contribution in [3.8, 4) is 0 Å². The van der Waals surface area contributed by atoms with Crippen LogP contribution in [-0.4, -0.2) is 46.0 Å². The maximum Gasteiger partial charge on any atom is 0.331 e. The SMILES string of the molecule is C=CCNC(=O)NC(=O)COC(=O)/C=C/c1ccc(S(=O)(=O)N2CCc3ccccc32)cc1. The Bertz CT molecular complexity index is 1190. The minimum absolute atomic E-state index is 0.144. The van der Waals surface area contributed by atoms with Crippen LogP contribution in [0.15, 0.2) is 72.2 Å². The number of hydrogen-bond donors (Lipinski definition) is 2. The smallest absolute Gasteiger partial charge is 0.331 e. The number of ether oxygens (including phenoxy) is 1. The van der Waals surface area contributed by atoms with Gasteiger partial charge in [-0.3, -0.25) is 14.4 Å². The molecule has 0 aromatic heterocycles. The quantitative estimate of drug-likeness (QED) is 0.347. The van der Waals surface area contributed by atoms with Crippen molar-refractivity contribution in [3.05, 3.63) is 78.4 Å². The van der Waals surface area contributed by atoms with E-state index in [0.717, 1.165) is 11.6 Å². The number of amides is 3. The summed E-state index contributed by atoms with van der Waals surface area (Å²) in [4.78, 5) is 34.8. The van der Waals surface area contributed by atoms with Gasteiger partial charge in [0.05, 0.1) is 10.6 Å². The van der Waals surface area contributed by atoms with E-state index >= 15 is 0 Å². The number of rotatable bonds is 8. The Morgan fingerprint density at radius 2 is 1.82 bits per heavy atom. The van der Waals surface area contributed by atoms with Gasteiger partial charge in [0.2, 0.25) is 0 Å². The molecule has 2 aromatic carbocycles. The van der Waals surface area contributed by atoms with Gasteiger partial charge in [0, 0.05) is 19.2 Å². The molecule has 3 amide bonds. The number of nitrogens with zero attached hydrogens (tertiary/aromatic N) is 1. The lowest BCUT2D eigenvalue weighted by atomic mass is 10.2. The zero-order chi connectivity index (χ0) is 23.8. The first-order valence-electron chi connectivity index (χ1n) is 10.1. The van der Waals surface area contributed by atoms with E-state index in [1.54, 1.807) is 24.3 Å². The Labute approximate surface area is 191 Å². The van der Waals surface area contributed by atoms with Gasteiger partial charge in [0.15, 0.2) is 6.61 Å². The largest absolute Gasteiger partial charge is 0.452 e. The number of imide groups is 1. The molecule has 0 saturated heterocycles. The normalized spacial score (nSPS) is 12.8. The third-order valence-electron chi connectivity index (χ3n) is 4.73. The van der Waals surface area contributed by atoms with Crippen LogP contribution in [-0.2, 0) is 30.8 Å². The van der Waals surface area contributed by atoms with Gasteiger partial charge in [-0.15, -0.1) is 6.58 Å². The van der Waals surface area contributed by atoms with Crippen LogP contribution in [0.4, 0.5) is 10.5 Å². The molecule has 0 aliphatic carbocycles. The fourth-order valence-electron chi connectivity index (χ4n) is 3.16. The number of para-hydroxylation sites is 1. The topological polar surface area (TPSA) is 122 Å². The van der Waals surface area contributed by atoms with Crippen LogP contribution in [0, 0.1) is 0 Å². The molecule has 33 heavy (non-hydrogen) atoms. The molecule has 0 radical (unpaired) electrons. The summed E-state index contributed by atoms with van der Waals surface area (Å²) in [6.07, 6.45) is 4.64. The van der Waals surface area contributed by atoms with Gasteiger partial charge in [-0.05, 0) is 41.8 Å². The molecular formula is C23H23N3O6S. The summed E-state index contributed by atoms with van der Waals surface area (Å²) in [5.41, 5.74) is 2.25. The van der Waals surface area contributed by atoms with Crippen LogP contribution >= 0.6 is 0 Å². The lowest BCUT2D eigenvalue weighted by Crippen LogP contribution is -2.41. The molecular weight excluding hydrogens is 446 g/mol. The predicted molar refractivity (Wildman–Crippen MR) is 123 cm³/mol. The molecule has 1 aliphatic rings. The summed E-state index contributed by atoms with van der Waals surface area (Å²) in [6.45, 7) is 3.37. The van der Waals surface area contributed by atoms with E-state index in [1.807, 2.05) is 17.4 Å². The number of anilines is 1. The number of benzene rings is 2. The third-order valence-corrected chi connectivity index (χ3v) is 6.56. The first kappa shape index (κ1) is 23.7. The molecule has 0 unspecified atom stereocenters. The van der Waals surface area contributed by atoms with Gasteiger partial charge in [-0.25, -0.2) is 18.0 Å². The second-order valence-corrected chi connectivity index (χ2v) is 8.88. The summed E-state index contributed by atoms with van der Waals surface area (Å²) in [5, 5.41) is 4.34. The maximum atomic E-state index is 13.0. The number of urea groups is 1. The Balaban J connectivity index is 1.55. The Hall–Kier alpha value is -3.92. The Morgan fingerprint density at radius 3 is 2.55 bits per heavy atom. The van der Waals surface area contributed by atoms with Crippen molar-refractivity contribution in [1.82, 2.24) is 10.6 Å². The second kappa shape index (κ2) is 10.6. The highest BCUT2D eigenvalue weighted by atomic mass is 32.2. The summed E-state index contributed by atoms with van der Waals surface area (Å²) in [5.74, 6) is -1.57. The van der Waals surface area contributed by atoms with Crippen molar-refractivity contribution in [2.75, 3.05) is 24.0 Å². The van der Waals surface area contributed by atoms with E-state index in [4.69, 9.17) is 4.74 Å². The zero-order valence-electron chi connectivity index (χ0n) is 17.7. The monoisotopic (exact) mass is 469 g/mol. The van der Waals surface area contributed by atoms with E-state index in [2.05, 4.69) is 11.9 Å². The molecule has 172 valence electrons. The molecule has 3 rings (SSSR count). The van der Waals surface area contributed by atoms with Gasteiger partial charge in [-0.1, -0.05) is 36.4 Å². The number of fused-ring (bicyclic) bond motifs is 1. The van der Waals surface area contributed by atoms with Crippen molar-refractivity contribution in [2.45, 2.75) is 11.3 Å². The average Bonchev–Trinajstić information content (AvgIpc) is 3.25. The van der Waals surface area contributed by atoms with Crippen LogP contribution in [0.1, 0.15) is 11.1 Å². The average molecular weight is 470 g/mol. The van der Waals surface area contributed by atoms with E-state index in [0.29, 0.717) is 24.2 Å². The molecule has 0 saturated carbocycles. The van der Waals surface area contributed by atoms with Crippen LogP contribution in [0.2, 0.25) is 0 Å². The predicted octanol–water partition coefficient (Wildman–Crippen LogP) is 2.01. The lowest BCUT2D eigenvalue weighted by molar-refractivity contribution is -0.143. The minimum atomic E-state index is -3.70. The fourth-order valence-corrected chi connectivity index (χ4v) is 4.66. The van der Waals surface area contributed by atoms with Gasteiger partial charge < -0.3 is 10.1 Å². The molecule has 9 nitrogen and oxygen atoms in total. The summed E-state index contributed by atoms with van der Waals surface area (Å²) >= 11 is 0. The van der Waals surface area contributed by atoms with Crippen molar-refractivity contribution in [2.24, 2.45) is 0 Å². The molecule has 1 heterocycles. The van der Waals surface area contributed by atoms with E-state index in [1.165, 1.54) is 28.6 Å². The minimum Gasteiger partial charge on any atom is -0.452 e. The number of carbonyl (C=O) groups is 3. The van der Waals surface area contributed by atoms with Gasteiger partial charge in [-0.2, -0.15) is 0 Å². The molecule has 0 bridgehead atoms. The van der Waals surface area contributed by atoms with Gasteiger partial charge >= 0.3 is 12.0 Å². The van der Waals surface area contributed by atoms with E-state index in [9.17, 15) is 22.8 Å². The number of hydrogen-bond acceptors (Lipinski definition) is 6. The van der Waals surface area contributed by atoms with Crippen LogP contribution in [0.25, 0.3) is 6.08 Å². The molecule has 1 aliphatic heterocycles. The summed E-state index contributed by atoms with van der Waals surface area (Å²) in [6, 6.07) is 12.7. The molecule has 0 fully saturated rings. The number of esters is 1. The van der Waals surface area contributed by atoms with Crippen molar-refractivity contribution in [3.63, 3.8) is 0 Å². The third kappa shape index (κ3) is 6.07. The van der Waals surface area contributed by atoms with E-state index < -0.39 is 34.5 Å².